The second-order valence-electron chi connectivity index (χ2n) is 5.70. The number of aliphatic hydroxyl groups excluding tert-OH is 1. The van der Waals surface area contributed by atoms with Crippen LogP contribution in [0.2, 0.25) is 0 Å². The number of thiophene rings is 1. The molecule has 0 aromatic carbocycles. The molecule has 2 rings (SSSR count). The van der Waals surface area contributed by atoms with Crippen LogP contribution in [0.3, 0.4) is 0 Å². The summed E-state index contributed by atoms with van der Waals surface area (Å²) in [5, 5.41) is 9.64. The van der Waals surface area contributed by atoms with E-state index in [4.69, 9.17) is 0 Å². The Kier molecular flexibility index (Phi) is 5.22. The van der Waals surface area contributed by atoms with E-state index in [1.165, 1.54) is 10.4 Å². The van der Waals surface area contributed by atoms with Crippen molar-refractivity contribution in [3.05, 3.63) is 21.4 Å². The molecule has 0 aliphatic carbocycles. The van der Waals surface area contributed by atoms with Gasteiger partial charge in [-0.1, -0.05) is 20.3 Å². The van der Waals surface area contributed by atoms with Gasteiger partial charge in [0.05, 0.1) is 11.0 Å². The number of carbonyl (C=O) groups excluding carboxylic acids is 1. The summed E-state index contributed by atoms with van der Waals surface area (Å²) >= 11 is 1.66. The van der Waals surface area contributed by atoms with Gasteiger partial charge in [0, 0.05) is 23.9 Å². The lowest BCUT2D eigenvalue weighted by Gasteiger charge is -2.16. The summed E-state index contributed by atoms with van der Waals surface area (Å²) in [6, 6.07) is 2.08. The van der Waals surface area contributed by atoms with Gasteiger partial charge in [0.1, 0.15) is 0 Å². The normalized spacial score (nSPS) is 20.4. The van der Waals surface area contributed by atoms with Gasteiger partial charge in [0.15, 0.2) is 0 Å². The van der Waals surface area contributed by atoms with Crippen molar-refractivity contribution in [3.8, 4) is 0 Å². The predicted molar refractivity (Wildman–Crippen MR) is 83.4 cm³/mol. The topological polar surface area (TPSA) is 40.5 Å². The Bertz CT molecular complexity index is 467. The predicted octanol–water partition coefficient (Wildman–Crippen LogP) is 3.11. The molecule has 0 spiro atoms. The zero-order valence-corrected chi connectivity index (χ0v) is 13.5. The van der Waals surface area contributed by atoms with Crippen molar-refractivity contribution in [2.24, 2.45) is 5.92 Å². The van der Waals surface area contributed by atoms with Gasteiger partial charge < -0.3 is 10.0 Å². The highest BCUT2D eigenvalue weighted by atomic mass is 32.1. The van der Waals surface area contributed by atoms with Crippen LogP contribution in [-0.2, 0) is 12.8 Å². The van der Waals surface area contributed by atoms with Gasteiger partial charge in [0.25, 0.3) is 5.91 Å². The van der Waals surface area contributed by atoms with Crippen molar-refractivity contribution < 1.29 is 9.90 Å². The highest BCUT2D eigenvalue weighted by Crippen LogP contribution is 2.28. The molecule has 4 heteroatoms. The van der Waals surface area contributed by atoms with Crippen LogP contribution in [0, 0.1) is 5.92 Å². The van der Waals surface area contributed by atoms with Gasteiger partial charge in [-0.15, -0.1) is 11.3 Å². The van der Waals surface area contributed by atoms with E-state index >= 15 is 0 Å². The molecule has 1 aromatic heterocycles. The highest BCUT2D eigenvalue weighted by Gasteiger charge is 2.30. The maximum atomic E-state index is 12.6. The smallest absolute Gasteiger partial charge is 0.263 e. The molecular weight excluding hydrogens is 270 g/mol. The van der Waals surface area contributed by atoms with Gasteiger partial charge in [-0.05, 0) is 37.8 Å². The molecule has 1 amide bonds. The zero-order valence-electron chi connectivity index (χ0n) is 12.7. The molecule has 1 aliphatic rings. The molecule has 112 valence electrons. The van der Waals surface area contributed by atoms with E-state index in [1.807, 2.05) is 11.8 Å². The van der Waals surface area contributed by atoms with E-state index in [-0.39, 0.29) is 17.9 Å². The van der Waals surface area contributed by atoms with Crippen LogP contribution in [0.1, 0.15) is 53.7 Å². The van der Waals surface area contributed by atoms with Gasteiger partial charge in [-0.3, -0.25) is 4.79 Å². The molecule has 1 aromatic rings. The highest BCUT2D eigenvalue weighted by molar-refractivity contribution is 7.14. The van der Waals surface area contributed by atoms with Crippen LogP contribution >= 0.6 is 11.3 Å². The van der Waals surface area contributed by atoms with Crippen LogP contribution in [0.5, 0.6) is 0 Å². The minimum atomic E-state index is -0.321. The first-order valence-electron chi connectivity index (χ1n) is 7.65. The van der Waals surface area contributed by atoms with Crippen molar-refractivity contribution in [2.75, 3.05) is 13.1 Å². The maximum Gasteiger partial charge on any atom is 0.263 e. The molecular formula is C16H25NO2S. The molecule has 1 aliphatic heterocycles. The molecule has 1 N–H and O–H groups in total. The molecule has 2 atom stereocenters. The number of rotatable bonds is 5. The molecule has 3 nitrogen and oxygen atoms in total. The quantitative estimate of drug-likeness (QED) is 0.907. The summed E-state index contributed by atoms with van der Waals surface area (Å²) < 4.78 is 0. The summed E-state index contributed by atoms with van der Waals surface area (Å²) in [5.74, 6) is 0.384. The minimum absolute atomic E-state index is 0.148. The molecule has 20 heavy (non-hydrogen) atoms. The first-order valence-corrected chi connectivity index (χ1v) is 8.47. The second-order valence-corrected chi connectivity index (χ2v) is 6.84. The van der Waals surface area contributed by atoms with Crippen molar-refractivity contribution in [1.82, 2.24) is 4.90 Å². The average molecular weight is 295 g/mol. The Morgan fingerprint density at radius 2 is 2.30 bits per heavy atom. The van der Waals surface area contributed by atoms with Gasteiger partial charge in [-0.25, -0.2) is 0 Å². The van der Waals surface area contributed by atoms with Gasteiger partial charge >= 0.3 is 0 Å². The first kappa shape index (κ1) is 15.5. The Morgan fingerprint density at radius 1 is 1.55 bits per heavy atom. The lowest BCUT2D eigenvalue weighted by Crippen LogP contribution is -2.29. The first-order chi connectivity index (χ1) is 9.56. The van der Waals surface area contributed by atoms with Gasteiger partial charge in [0.2, 0.25) is 0 Å². The lowest BCUT2D eigenvalue weighted by atomic mass is 10.0. The van der Waals surface area contributed by atoms with Crippen molar-refractivity contribution in [1.29, 1.82) is 0 Å². The van der Waals surface area contributed by atoms with Gasteiger partial charge in [-0.2, -0.15) is 0 Å². The molecule has 1 saturated heterocycles. The number of aryl methyl sites for hydroxylation is 2. The fourth-order valence-corrected chi connectivity index (χ4v) is 4.15. The summed E-state index contributed by atoms with van der Waals surface area (Å²) in [7, 11) is 0. The Labute approximate surface area is 125 Å². The maximum absolute atomic E-state index is 12.6. The summed E-state index contributed by atoms with van der Waals surface area (Å²) in [6.45, 7) is 7.61. The molecule has 0 bridgehead atoms. The Morgan fingerprint density at radius 3 is 2.85 bits per heavy atom. The van der Waals surface area contributed by atoms with Crippen molar-refractivity contribution in [2.45, 2.75) is 52.6 Å². The number of hydrogen-bond donors (Lipinski definition) is 1. The van der Waals surface area contributed by atoms with Crippen LogP contribution in [0.4, 0.5) is 0 Å². The fourth-order valence-electron chi connectivity index (χ4n) is 2.83. The average Bonchev–Trinajstić information content (AvgIpc) is 3.05. The summed E-state index contributed by atoms with van der Waals surface area (Å²) in [4.78, 5) is 16.7. The van der Waals surface area contributed by atoms with Crippen LogP contribution < -0.4 is 0 Å². The van der Waals surface area contributed by atoms with E-state index in [2.05, 4.69) is 19.9 Å². The van der Waals surface area contributed by atoms with E-state index in [0.29, 0.717) is 6.54 Å². The van der Waals surface area contributed by atoms with Crippen LogP contribution in [0.15, 0.2) is 6.07 Å². The van der Waals surface area contributed by atoms with Crippen LogP contribution in [0.25, 0.3) is 0 Å². The number of carbonyl (C=O) groups is 1. The zero-order chi connectivity index (χ0) is 14.7. The number of nitrogens with zero attached hydrogens (tertiary/aromatic N) is 1. The molecule has 2 unspecified atom stereocenters. The third-order valence-corrected chi connectivity index (χ3v) is 5.38. The third-order valence-electron chi connectivity index (χ3n) is 4.16. The summed E-state index contributed by atoms with van der Waals surface area (Å²) in [5.41, 5.74) is 1.33. The monoisotopic (exact) mass is 295 g/mol. The number of amides is 1. The van der Waals surface area contributed by atoms with E-state index in [9.17, 15) is 9.90 Å². The third kappa shape index (κ3) is 3.23. The van der Waals surface area contributed by atoms with E-state index < -0.39 is 0 Å². The van der Waals surface area contributed by atoms with Crippen LogP contribution in [-0.4, -0.2) is 35.1 Å². The molecule has 2 heterocycles. The second kappa shape index (κ2) is 6.72. The van der Waals surface area contributed by atoms with E-state index in [1.54, 1.807) is 11.3 Å². The molecule has 0 saturated carbocycles. The SMILES string of the molecule is CCCc1sc(C(=O)N2CCC(C(C)O)C2)cc1CC. The number of likely N-dealkylation sites (tertiary alicyclic amines) is 1. The largest absolute Gasteiger partial charge is 0.393 e. The van der Waals surface area contributed by atoms with Crippen molar-refractivity contribution in [3.63, 3.8) is 0 Å². The Balaban J connectivity index is 2.10. The lowest BCUT2D eigenvalue weighted by molar-refractivity contribution is 0.0767. The standard InChI is InChI=1S/C16H25NO2S/c1-4-6-14-12(5-2)9-15(20-14)16(19)17-8-7-13(10-17)11(3)18/h9,11,13,18H,4-8,10H2,1-3H3. The number of hydrogen-bond acceptors (Lipinski definition) is 3. The fraction of sp³-hybridized carbons (Fsp3) is 0.688. The number of aliphatic hydroxyl groups is 1. The van der Waals surface area contributed by atoms with E-state index in [0.717, 1.165) is 37.1 Å². The summed E-state index contributed by atoms with van der Waals surface area (Å²) in [6.07, 6.45) is 3.77. The Hall–Kier alpha value is -0.870. The molecule has 1 fully saturated rings. The molecule has 0 radical (unpaired) electrons. The minimum Gasteiger partial charge on any atom is -0.393 e. The van der Waals surface area contributed by atoms with Crippen molar-refractivity contribution >= 4 is 17.2 Å².